The van der Waals surface area contributed by atoms with Crippen molar-refractivity contribution in [2.24, 2.45) is 0 Å². The largest absolute Gasteiger partial charge is 0.496 e. The average molecular weight is 396 g/mol. The van der Waals surface area contributed by atoms with Crippen LogP contribution in [0.1, 0.15) is 58.2 Å². The predicted molar refractivity (Wildman–Crippen MR) is 111 cm³/mol. The molecule has 1 aromatic rings. The van der Waals surface area contributed by atoms with Gasteiger partial charge in [-0.25, -0.2) is 0 Å². The molecule has 0 saturated heterocycles. The van der Waals surface area contributed by atoms with Crippen LogP contribution in [0.3, 0.4) is 0 Å². The van der Waals surface area contributed by atoms with Crippen LogP contribution in [0, 0.1) is 0 Å². The molecule has 0 aliphatic carbocycles. The second kappa shape index (κ2) is 8.72. The predicted octanol–water partition coefficient (Wildman–Crippen LogP) is 5.36. The number of methoxy groups -OCH3 is 1. The van der Waals surface area contributed by atoms with Gasteiger partial charge in [0.1, 0.15) is 11.9 Å². The van der Waals surface area contributed by atoms with Crippen molar-refractivity contribution in [3.05, 3.63) is 34.9 Å². The summed E-state index contributed by atoms with van der Waals surface area (Å²) in [6.07, 6.45) is 2.81. The van der Waals surface area contributed by atoms with E-state index in [2.05, 4.69) is 47.6 Å². The molecule has 0 atom stereocenters. The van der Waals surface area contributed by atoms with Crippen molar-refractivity contribution in [1.82, 2.24) is 0 Å². The highest BCUT2D eigenvalue weighted by molar-refractivity contribution is 7.54. The Hall–Kier alpha value is -1.42. The SMILES string of the molecule is COc1c(/C=C/C(=O)CP(=O)(OC)OC)cc(C(C)(C)C)cc1C(C)(C)C. The first-order valence-electron chi connectivity index (χ1n) is 8.92. The Morgan fingerprint density at radius 2 is 1.56 bits per heavy atom. The normalized spacial score (nSPS) is 13.2. The molecule has 0 heterocycles. The second-order valence-electron chi connectivity index (χ2n) is 8.58. The van der Waals surface area contributed by atoms with Crippen molar-refractivity contribution in [3.8, 4) is 5.75 Å². The van der Waals surface area contributed by atoms with Gasteiger partial charge in [-0.05, 0) is 34.6 Å². The third-order valence-electron chi connectivity index (χ3n) is 4.35. The number of ether oxygens (including phenoxy) is 1. The van der Waals surface area contributed by atoms with E-state index in [4.69, 9.17) is 13.8 Å². The van der Waals surface area contributed by atoms with E-state index in [0.717, 1.165) is 22.4 Å². The number of hydrogen-bond donors (Lipinski definition) is 0. The first kappa shape index (κ1) is 23.6. The lowest BCUT2D eigenvalue weighted by Crippen LogP contribution is -2.18. The molecule has 0 saturated carbocycles. The molecule has 27 heavy (non-hydrogen) atoms. The Morgan fingerprint density at radius 1 is 1.00 bits per heavy atom. The van der Waals surface area contributed by atoms with Crippen LogP contribution in [-0.2, 0) is 29.2 Å². The molecule has 1 aromatic carbocycles. The minimum atomic E-state index is -3.38. The number of carbonyl (C=O) groups is 1. The zero-order chi connectivity index (χ0) is 21.0. The first-order chi connectivity index (χ1) is 12.3. The van der Waals surface area contributed by atoms with Gasteiger partial charge >= 0.3 is 7.60 Å². The van der Waals surface area contributed by atoms with E-state index in [9.17, 15) is 9.36 Å². The van der Waals surface area contributed by atoms with Crippen molar-refractivity contribution >= 4 is 19.5 Å². The van der Waals surface area contributed by atoms with Gasteiger partial charge in [0, 0.05) is 25.3 Å². The Morgan fingerprint density at radius 3 is 1.96 bits per heavy atom. The number of hydrogen-bond acceptors (Lipinski definition) is 5. The van der Waals surface area contributed by atoms with Gasteiger partial charge in [-0.3, -0.25) is 9.36 Å². The summed E-state index contributed by atoms with van der Waals surface area (Å²) >= 11 is 0. The standard InChI is InChI=1S/C21H33O5P/c1-20(2,3)16-12-15(19(24-7)18(13-16)21(4,5)6)10-11-17(22)14-27(23,25-8)26-9/h10-13H,14H2,1-9H3/b11-10+. The van der Waals surface area contributed by atoms with Crippen LogP contribution in [-0.4, -0.2) is 33.3 Å². The zero-order valence-electron chi connectivity index (χ0n) is 18.0. The van der Waals surface area contributed by atoms with Crippen LogP contribution in [0.2, 0.25) is 0 Å². The van der Waals surface area contributed by atoms with Gasteiger partial charge in [-0.2, -0.15) is 0 Å². The summed E-state index contributed by atoms with van der Waals surface area (Å²) in [7, 11) is 0.789. The lowest BCUT2D eigenvalue weighted by molar-refractivity contribution is -0.112. The first-order valence-corrected chi connectivity index (χ1v) is 10.6. The number of ketones is 1. The highest BCUT2D eigenvalue weighted by Gasteiger charge is 2.26. The van der Waals surface area contributed by atoms with Gasteiger partial charge in [0.05, 0.1) is 7.11 Å². The molecule has 0 aromatic heterocycles. The fraction of sp³-hybridized carbons (Fsp3) is 0.571. The van der Waals surface area contributed by atoms with E-state index in [0.29, 0.717) is 0 Å². The molecule has 5 nitrogen and oxygen atoms in total. The van der Waals surface area contributed by atoms with Crippen LogP contribution >= 0.6 is 7.60 Å². The molecule has 0 aliphatic rings. The molecule has 0 amide bonds. The van der Waals surface area contributed by atoms with E-state index in [1.54, 1.807) is 13.2 Å². The molecule has 0 spiro atoms. The van der Waals surface area contributed by atoms with Gasteiger partial charge in [-0.1, -0.05) is 47.6 Å². The van der Waals surface area contributed by atoms with E-state index >= 15 is 0 Å². The van der Waals surface area contributed by atoms with E-state index < -0.39 is 7.60 Å². The summed E-state index contributed by atoms with van der Waals surface area (Å²) in [4.78, 5) is 12.3. The third-order valence-corrected chi connectivity index (χ3v) is 6.16. The molecule has 0 N–H and O–H groups in total. The molecule has 1 rings (SSSR count). The van der Waals surface area contributed by atoms with Crippen LogP contribution in [0.15, 0.2) is 18.2 Å². The summed E-state index contributed by atoms with van der Waals surface area (Å²) in [5.41, 5.74) is 2.86. The lowest BCUT2D eigenvalue weighted by Gasteiger charge is -2.28. The molecule has 152 valence electrons. The van der Waals surface area contributed by atoms with Crippen LogP contribution in [0.4, 0.5) is 0 Å². The topological polar surface area (TPSA) is 61.8 Å². The van der Waals surface area contributed by atoms with Crippen LogP contribution in [0.25, 0.3) is 6.08 Å². The Labute approximate surface area is 163 Å². The highest BCUT2D eigenvalue weighted by Crippen LogP contribution is 2.46. The maximum atomic E-state index is 12.3. The minimum absolute atomic E-state index is 0.0549. The van der Waals surface area contributed by atoms with E-state index in [1.165, 1.54) is 20.3 Å². The minimum Gasteiger partial charge on any atom is -0.496 e. The van der Waals surface area contributed by atoms with Gasteiger partial charge in [0.2, 0.25) is 0 Å². The molecule has 0 radical (unpaired) electrons. The average Bonchev–Trinajstić information content (AvgIpc) is 2.57. The third kappa shape index (κ3) is 6.31. The fourth-order valence-corrected chi connectivity index (χ4v) is 3.52. The van der Waals surface area contributed by atoms with Crippen molar-refractivity contribution in [2.75, 3.05) is 27.5 Å². The number of carbonyl (C=O) groups excluding carboxylic acids is 1. The van der Waals surface area contributed by atoms with E-state index in [1.807, 2.05) is 6.07 Å². The second-order valence-corrected chi connectivity index (χ2v) is 10.8. The van der Waals surface area contributed by atoms with Crippen molar-refractivity contribution in [1.29, 1.82) is 0 Å². The lowest BCUT2D eigenvalue weighted by atomic mass is 9.79. The molecule has 0 aliphatic heterocycles. The molecule has 0 bridgehead atoms. The van der Waals surface area contributed by atoms with Gasteiger partial charge in [-0.15, -0.1) is 0 Å². The molecular formula is C21H33O5P. The maximum Gasteiger partial charge on any atom is 0.337 e. The monoisotopic (exact) mass is 396 g/mol. The molecule has 0 unspecified atom stereocenters. The van der Waals surface area contributed by atoms with Crippen LogP contribution < -0.4 is 4.74 Å². The zero-order valence-corrected chi connectivity index (χ0v) is 18.9. The Bertz CT molecular complexity index is 743. The summed E-state index contributed by atoms with van der Waals surface area (Å²) in [5.74, 6) is 0.406. The number of benzene rings is 1. The fourth-order valence-electron chi connectivity index (χ4n) is 2.62. The number of rotatable bonds is 7. The van der Waals surface area contributed by atoms with Gasteiger partial charge in [0.15, 0.2) is 5.78 Å². The maximum absolute atomic E-state index is 12.3. The van der Waals surface area contributed by atoms with Crippen LogP contribution in [0.5, 0.6) is 5.75 Å². The number of allylic oxidation sites excluding steroid dienone is 1. The summed E-state index contributed by atoms with van der Waals surface area (Å²) in [6.45, 7) is 12.8. The smallest absolute Gasteiger partial charge is 0.337 e. The van der Waals surface area contributed by atoms with Crippen molar-refractivity contribution in [3.63, 3.8) is 0 Å². The summed E-state index contributed by atoms with van der Waals surface area (Å²) in [6, 6.07) is 4.20. The molecule has 6 heteroatoms. The van der Waals surface area contributed by atoms with Gasteiger partial charge in [0.25, 0.3) is 0 Å². The summed E-state index contributed by atoms with van der Waals surface area (Å²) < 4.78 is 27.5. The van der Waals surface area contributed by atoms with Crippen molar-refractivity contribution < 1.29 is 23.1 Å². The molecular weight excluding hydrogens is 363 g/mol. The Kier molecular flexibility index (Phi) is 7.63. The molecule has 0 fully saturated rings. The highest BCUT2D eigenvalue weighted by atomic mass is 31.2. The van der Waals surface area contributed by atoms with Crippen molar-refractivity contribution in [2.45, 2.75) is 52.4 Å². The quantitative estimate of drug-likeness (QED) is 0.459. The summed E-state index contributed by atoms with van der Waals surface area (Å²) in [5, 5.41) is 0. The van der Waals surface area contributed by atoms with E-state index in [-0.39, 0.29) is 22.8 Å². The Balaban J connectivity index is 3.41. The van der Waals surface area contributed by atoms with Gasteiger partial charge < -0.3 is 13.8 Å².